The van der Waals surface area contributed by atoms with Crippen molar-refractivity contribution in [2.75, 3.05) is 6.26 Å². The van der Waals surface area contributed by atoms with Crippen molar-refractivity contribution in [1.29, 1.82) is 0 Å². The van der Waals surface area contributed by atoms with E-state index in [1.807, 2.05) is 30.3 Å². The standard InChI is InChI=1S/C16H13ClN2O2S/c1-22(20,21)15-11-18-19(14-9-7-13(17)8-10-14)16(15)12-5-3-2-4-6-12/h2-11H,1H3. The second-order valence-corrected chi connectivity index (χ2v) is 7.30. The van der Waals surface area contributed by atoms with Crippen molar-refractivity contribution in [3.8, 4) is 16.9 Å². The molecule has 0 saturated heterocycles. The van der Waals surface area contributed by atoms with Crippen LogP contribution < -0.4 is 0 Å². The Morgan fingerprint density at radius 3 is 2.23 bits per heavy atom. The lowest BCUT2D eigenvalue weighted by molar-refractivity contribution is 0.602. The van der Waals surface area contributed by atoms with Crippen LogP contribution in [0.15, 0.2) is 65.7 Å². The van der Waals surface area contributed by atoms with Crippen molar-refractivity contribution in [3.63, 3.8) is 0 Å². The van der Waals surface area contributed by atoms with E-state index in [0.717, 1.165) is 11.3 Å². The minimum atomic E-state index is -3.39. The summed E-state index contributed by atoms with van der Waals surface area (Å²) in [6.45, 7) is 0. The molecule has 1 aromatic heterocycles. The van der Waals surface area contributed by atoms with E-state index in [9.17, 15) is 8.42 Å². The molecule has 3 aromatic rings. The van der Waals surface area contributed by atoms with Crippen molar-refractivity contribution in [1.82, 2.24) is 9.78 Å². The Morgan fingerprint density at radius 2 is 1.64 bits per heavy atom. The van der Waals surface area contributed by atoms with Crippen LogP contribution >= 0.6 is 11.6 Å². The molecule has 0 aliphatic heterocycles. The Hall–Kier alpha value is -2.11. The Kier molecular flexibility index (Phi) is 3.76. The first-order chi connectivity index (χ1) is 10.5. The molecule has 0 N–H and O–H groups in total. The second kappa shape index (κ2) is 5.59. The van der Waals surface area contributed by atoms with Gasteiger partial charge < -0.3 is 0 Å². The van der Waals surface area contributed by atoms with Crippen LogP contribution in [0.2, 0.25) is 5.02 Å². The van der Waals surface area contributed by atoms with Crippen LogP contribution in [-0.4, -0.2) is 24.5 Å². The van der Waals surface area contributed by atoms with Gasteiger partial charge in [0.05, 0.1) is 17.6 Å². The molecule has 0 aliphatic carbocycles. The van der Waals surface area contributed by atoms with Crippen LogP contribution in [0.25, 0.3) is 16.9 Å². The van der Waals surface area contributed by atoms with E-state index in [0.29, 0.717) is 10.7 Å². The molecule has 0 atom stereocenters. The normalized spacial score (nSPS) is 11.5. The number of rotatable bonds is 3. The van der Waals surface area contributed by atoms with Crippen molar-refractivity contribution >= 4 is 21.4 Å². The Balaban J connectivity index is 2.28. The van der Waals surface area contributed by atoms with Gasteiger partial charge in [-0.1, -0.05) is 41.9 Å². The highest BCUT2D eigenvalue weighted by Crippen LogP contribution is 2.29. The summed E-state index contributed by atoms with van der Waals surface area (Å²) < 4.78 is 25.7. The average molecular weight is 333 g/mol. The van der Waals surface area contributed by atoms with Crippen molar-refractivity contribution in [3.05, 3.63) is 65.8 Å². The van der Waals surface area contributed by atoms with Gasteiger partial charge in [0.1, 0.15) is 4.90 Å². The van der Waals surface area contributed by atoms with Crippen molar-refractivity contribution in [2.24, 2.45) is 0 Å². The molecule has 0 fully saturated rings. The van der Waals surface area contributed by atoms with E-state index in [4.69, 9.17) is 11.6 Å². The zero-order valence-corrected chi connectivity index (χ0v) is 13.3. The fourth-order valence-corrected chi connectivity index (χ4v) is 3.16. The highest BCUT2D eigenvalue weighted by Gasteiger charge is 2.21. The monoisotopic (exact) mass is 332 g/mol. The molecule has 0 spiro atoms. The number of nitrogens with zero attached hydrogens (tertiary/aromatic N) is 2. The molecule has 1 heterocycles. The lowest BCUT2D eigenvalue weighted by atomic mass is 10.1. The first kappa shape index (κ1) is 14.8. The summed E-state index contributed by atoms with van der Waals surface area (Å²) in [7, 11) is -3.39. The summed E-state index contributed by atoms with van der Waals surface area (Å²) in [5, 5.41) is 4.86. The van der Waals surface area contributed by atoms with Crippen LogP contribution in [0.3, 0.4) is 0 Å². The van der Waals surface area contributed by atoms with Crippen LogP contribution in [-0.2, 0) is 9.84 Å². The second-order valence-electron chi connectivity index (χ2n) is 4.88. The molecule has 0 amide bonds. The van der Waals surface area contributed by atoms with Crippen LogP contribution in [0.4, 0.5) is 0 Å². The van der Waals surface area contributed by atoms with Gasteiger partial charge in [-0.3, -0.25) is 0 Å². The van der Waals surface area contributed by atoms with E-state index >= 15 is 0 Å². The van der Waals surface area contributed by atoms with E-state index in [2.05, 4.69) is 5.10 Å². The van der Waals surface area contributed by atoms with Gasteiger partial charge in [-0.25, -0.2) is 13.1 Å². The first-order valence-corrected chi connectivity index (χ1v) is 8.83. The summed E-state index contributed by atoms with van der Waals surface area (Å²) in [6.07, 6.45) is 2.56. The molecule has 4 nitrogen and oxygen atoms in total. The predicted octanol–water partition coefficient (Wildman–Crippen LogP) is 3.60. The largest absolute Gasteiger partial charge is 0.232 e. The SMILES string of the molecule is CS(=O)(=O)c1cnn(-c2ccc(Cl)cc2)c1-c1ccccc1. The van der Waals surface area contributed by atoms with Crippen LogP contribution in [0.5, 0.6) is 0 Å². The van der Waals surface area contributed by atoms with Gasteiger partial charge in [-0.05, 0) is 24.3 Å². The number of halogens is 1. The molecule has 112 valence electrons. The van der Waals surface area contributed by atoms with Gasteiger partial charge in [0.2, 0.25) is 0 Å². The first-order valence-electron chi connectivity index (χ1n) is 6.56. The fraction of sp³-hybridized carbons (Fsp3) is 0.0625. The molecule has 3 rings (SSSR count). The Morgan fingerprint density at radius 1 is 1.00 bits per heavy atom. The van der Waals surface area contributed by atoms with Gasteiger partial charge in [0, 0.05) is 16.8 Å². The van der Waals surface area contributed by atoms with Crippen molar-refractivity contribution < 1.29 is 8.42 Å². The maximum Gasteiger partial charge on any atom is 0.179 e. The van der Waals surface area contributed by atoms with E-state index in [1.165, 1.54) is 12.5 Å². The third kappa shape index (κ3) is 2.77. The highest BCUT2D eigenvalue weighted by atomic mass is 35.5. The molecule has 2 aromatic carbocycles. The third-order valence-corrected chi connectivity index (χ3v) is 4.60. The number of sulfone groups is 1. The van der Waals surface area contributed by atoms with Gasteiger partial charge in [0.25, 0.3) is 0 Å². The topological polar surface area (TPSA) is 52.0 Å². The molecule has 6 heteroatoms. The van der Waals surface area contributed by atoms with Gasteiger partial charge in [-0.2, -0.15) is 5.10 Å². The molecule has 0 bridgehead atoms. The van der Waals surface area contributed by atoms with Gasteiger partial charge in [0.15, 0.2) is 9.84 Å². The van der Waals surface area contributed by atoms with Gasteiger partial charge in [-0.15, -0.1) is 0 Å². The lowest BCUT2D eigenvalue weighted by Crippen LogP contribution is -2.02. The Bertz CT molecular complexity index is 901. The van der Waals surface area contributed by atoms with E-state index in [-0.39, 0.29) is 4.90 Å². The summed E-state index contributed by atoms with van der Waals surface area (Å²) in [4.78, 5) is 0.202. The average Bonchev–Trinajstić information content (AvgIpc) is 2.94. The molecule has 0 radical (unpaired) electrons. The van der Waals surface area contributed by atoms with E-state index < -0.39 is 9.84 Å². The summed E-state index contributed by atoms with van der Waals surface area (Å²) in [5.41, 5.74) is 2.08. The number of hydrogen-bond donors (Lipinski definition) is 0. The van der Waals surface area contributed by atoms with E-state index in [1.54, 1.807) is 28.9 Å². The molecule has 0 unspecified atom stereocenters. The van der Waals surface area contributed by atoms with Crippen LogP contribution in [0.1, 0.15) is 0 Å². The third-order valence-electron chi connectivity index (χ3n) is 3.25. The number of aromatic nitrogens is 2. The smallest absolute Gasteiger partial charge is 0.179 e. The quantitative estimate of drug-likeness (QED) is 0.736. The zero-order chi connectivity index (χ0) is 15.7. The summed E-state index contributed by atoms with van der Waals surface area (Å²) >= 11 is 5.91. The molecular formula is C16H13ClN2O2S. The van der Waals surface area contributed by atoms with Crippen molar-refractivity contribution in [2.45, 2.75) is 4.90 Å². The van der Waals surface area contributed by atoms with Crippen LogP contribution in [0, 0.1) is 0 Å². The zero-order valence-electron chi connectivity index (χ0n) is 11.8. The van der Waals surface area contributed by atoms with Gasteiger partial charge >= 0.3 is 0 Å². The minimum Gasteiger partial charge on any atom is -0.232 e. The molecular weight excluding hydrogens is 320 g/mol. The number of hydrogen-bond acceptors (Lipinski definition) is 3. The highest BCUT2D eigenvalue weighted by molar-refractivity contribution is 7.90. The maximum atomic E-state index is 12.1. The maximum absolute atomic E-state index is 12.1. The summed E-state index contributed by atoms with van der Waals surface area (Å²) in [6, 6.07) is 16.4. The molecule has 0 saturated carbocycles. The predicted molar refractivity (Wildman–Crippen MR) is 87.1 cm³/mol. The molecule has 22 heavy (non-hydrogen) atoms. The summed E-state index contributed by atoms with van der Waals surface area (Å²) in [5.74, 6) is 0. The number of benzene rings is 2. The lowest BCUT2D eigenvalue weighted by Gasteiger charge is -2.09. The molecule has 0 aliphatic rings. The minimum absolute atomic E-state index is 0.202. The Labute approximate surface area is 133 Å². The fourth-order valence-electron chi connectivity index (χ4n) is 2.24.